The number of ether oxygens (including phenoxy) is 2. The molecule has 0 bridgehead atoms. The molecule has 0 radical (unpaired) electrons. The summed E-state index contributed by atoms with van der Waals surface area (Å²) in [5.74, 6) is 1.95. The number of fused-ring (bicyclic) bond motifs is 1. The van der Waals surface area contributed by atoms with Crippen LogP contribution in [-0.4, -0.2) is 29.7 Å². The molecular weight excluding hydrogens is 434 g/mol. The Bertz CT molecular complexity index is 1140. The summed E-state index contributed by atoms with van der Waals surface area (Å²) in [5.41, 5.74) is 0.853. The number of hydrogen-bond donors (Lipinski definition) is 1. The molecule has 1 heterocycles. The fourth-order valence-corrected chi connectivity index (χ4v) is 5.04. The molecular formula is C23H19NO3S3. The molecule has 0 saturated carbocycles. The maximum absolute atomic E-state index is 11.8. The van der Waals surface area contributed by atoms with Crippen molar-refractivity contribution < 1.29 is 14.3 Å². The van der Waals surface area contributed by atoms with Gasteiger partial charge in [-0.3, -0.25) is 4.79 Å². The number of carbonyl (C=O) groups excluding carboxylic acids is 1. The highest BCUT2D eigenvalue weighted by Crippen LogP contribution is 2.32. The average molecular weight is 454 g/mol. The van der Waals surface area contributed by atoms with Crippen molar-refractivity contribution in [2.45, 2.75) is 4.90 Å². The lowest BCUT2D eigenvalue weighted by atomic mass is 10.1. The molecule has 3 aromatic carbocycles. The first-order valence-electron chi connectivity index (χ1n) is 9.30. The topological polar surface area (TPSA) is 47.6 Å². The van der Waals surface area contributed by atoms with E-state index in [1.54, 1.807) is 24.9 Å². The van der Waals surface area contributed by atoms with Crippen molar-refractivity contribution in [2.24, 2.45) is 0 Å². The summed E-state index contributed by atoms with van der Waals surface area (Å²) in [6.07, 6.45) is 1.79. The predicted octanol–water partition coefficient (Wildman–Crippen LogP) is 5.51. The highest BCUT2D eigenvalue weighted by molar-refractivity contribution is 8.26. The average Bonchev–Trinajstić information content (AvgIpc) is 3.08. The van der Waals surface area contributed by atoms with E-state index in [2.05, 4.69) is 47.8 Å². The van der Waals surface area contributed by atoms with Gasteiger partial charge in [0.1, 0.15) is 4.32 Å². The van der Waals surface area contributed by atoms with Crippen molar-refractivity contribution in [1.82, 2.24) is 5.32 Å². The van der Waals surface area contributed by atoms with Gasteiger partial charge < -0.3 is 14.8 Å². The third-order valence-electron chi connectivity index (χ3n) is 4.48. The van der Waals surface area contributed by atoms with Crippen LogP contribution in [0.1, 0.15) is 5.56 Å². The third-order valence-corrected chi connectivity index (χ3v) is 6.68. The van der Waals surface area contributed by atoms with E-state index in [1.807, 2.05) is 18.2 Å². The van der Waals surface area contributed by atoms with Gasteiger partial charge in [0.05, 0.1) is 18.6 Å². The van der Waals surface area contributed by atoms with Gasteiger partial charge in [0.25, 0.3) is 5.91 Å². The van der Waals surface area contributed by atoms with Crippen LogP contribution in [0.5, 0.6) is 11.5 Å². The summed E-state index contributed by atoms with van der Waals surface area (Å²) in [6.45, 7) is 0.553. The van der Waals surface area contributed by atoms with E-state index >= 15 is 0 Å². The second-order valence-corrected chi connectivity index (χ2v) is 9.29. The predicted molar refractivity (Wildman–Crippen MR) is 129 cm³/mol. The van der Waals surface area contributed by atoms with Gasteiger partial charge in [-0.15, -0.1) is 11.8 Å². The molecule has 0 spiro atoms. The Kier molecular flexibility index (Phi) is 6.62. The summed E-state index contributed by atoms with van der Waals surface area (Å²) in [4.78, 5) is 13.7. The number of nitrogens with one attached hydrogen (secondary N) is 1. The highest BCUT2D eigenvalue weighted by atomic mass is 32.2. The second-order valence-electron chi connectivity index (χ2n) is 6.44. The molecule has 1 saturated heterocycles. The van der Waals surface area contributed by atoms with Crippen LogP contribution in [0.4, 0.5) is 0 Å². The molecule has 3 aromatic rings. The zero-order valence-corrected chi connectivity index (χ0v) is 18.7. The number of hydrogen-bond acceptors (Lipinski definition) is 6. The number of carbonyl (C=O) groups is 1. The first-order valence-corrected chi connectivity index (χ1v) is 11.5. The number of benzene rings is 3. The number of methoxy groups -OCH3 is 1. The van der Waals surface area contributed by atoms with Crippen LogP contribution >= 0.6 is 35.7 Å². The van der Waals surface area contributed by atoms with Crippen molar-refractivity contribution in [3.05, 3.63) is 71.1 Å². The summed E-state index contributed by atoms with van der Waals surface area (Å²) in [5, 5.41) is 5.11. The second kappa shape index (κ2) is 9.55. The minimum atomic E-state index is -0.172. The lowest BCUT2D eigenvalue weighted by Gasteiger charge is -2.12. The van der Waals surface area contributed by atoms with Crippen LogP contribution in [0.3, 0.4) is 0 Å². The molecule has 1 aliphatic rings. The standard InChI is InChI=1S/C23H19NO3S3/c1-26-19-13-15(14-21-22(25)24-23(28)30-21)9-10-18(19)27-11-12-29-20-8-4-6-16-5-2-3-7-17(16)20/h2-10,13-14H,11-12H2,1H3,(H,24,25,28)/b21-14+. The zero-order valence-electron chi connectivity index (χ0n) is 16.2. The van der Waals surface area contributed by atoms with E-state index in [0.29, 0.717) is 27.3 Å². The van der Waals surface area contributed by atoms with E-state index in [9.17, 15) is 4.79 Å². The van der Waals surface area contributed by atoms with E-state index in [-0.39, 0.29) is 5.91 Å². The molecule has 152 valence electrons. The van der Waals surface area contributed by atoms with Crippen molar-refractivity contribution in [1.29, 1.82) is 0 Å². The maximum atomic E-state index is 11.8. The zero-order chi connectivity index (χ0) is 20.9. The molecule has 7 heteroatoms. The fourth-order valence-electron chi connectivity index (χ4n) is 3.09. The quantitative estimate of drug-likeness (QED) is 0.220. The van der Waals surface area contributed by atoms with E-state index in [0.717, 1.165) is 11.3 Å². The molecule has 1 amide bonds. The molecule has 0 aromatic heterocycles. The van der Waals surface area contributed by atoms with Gasteiger partial charge in [0.2, 0.25) is 0 Å². The van der Waals surface area contributed by atoms with Crippen molar-refractivity contribution >= 4 is 62.8 Å². The molecule has 0 aliphatic carbocycles. The Hall–Kier alpha value is -2.48. The Morgan fingerprint density at radius 3 is 2.73 bits per heavy atom. The van der Waals surface area contributed by atoms with Crippen molar-refractivity contribution in [3.63, 3.8) is 0 Å². The van der Waals surface area contributed by atoms with E-state index in [4.69, 9.17) is 21.7 Å². The third kappa shape index (κ3) is 4.80. The lowest BCUT2D eigenvalue weighted by molar-refractivity contribution is -0.115. The Morgan fingerprint density at radius 1 is 1.10 bits per heavy atom. The largest absolute Gasteiger partial charge is 0.493 e. The Balaban J connectivity index is 1.39. The van der Waals surface area contributed by atoms with Crippen molar-refractivity contribution in [2.75, 3.05) is 19.5 Å². The van der Waals surface area contributed by atoms with Crippen LogP contribution in [0.15, 0.2) is 70.5 Å². The molecule has 1 fully saturated rings. The number of thioether (sulfide) groups is 2. The molecule has 4 rings (SSSR count). The smallest absolute Gasteiger partial charge is 0.263 e. The molecule has 1 N–H and O–H groups in total. The lowest BCUT2D eigenvalue weighted by Crippen LogP contribution is -2.17. The number of amides is 1. The highest BCUT2D eigenvalue weighted by Gasteiger charge is 2.22. The molecule has 0 atom stereocenters. The normalized spacial score (nSPS) is 14.9. The Morgan fingerprint density at radius 2 is 1.93 bits per heavy atom. The molecule has 0 unspecified atom stereocenters. The molecule has 4 nitrogen and oxygen atoms in total. The maximum Gasteiger partial charge on any atom is 0.263 e. The Labute approximate surface area is 189 Å². The van der Waals surface area contributed by atoms with Crippen LogP contribution in [0, 0.1) is 0 Å². The van der Waals surface area contributed by atoms with Gasteiger partial charge >= 0.3 is 0 Å². The van der Waals surface area contributed by atoms with Crippen LogP contribution in [-0.2, 0) is 4.79 Å². The van der Waals surface area contributed by atoms with Gasteiger partial charge in [0.15, 0.2) is 11.5 Å². The summed E-state index contributed by atoms with van der Waals surface area (Å²) >= 11 is 8.05. The molecule has 30 heavy (non-hydrogen) atoms. The summed E-state index contributed by atoms with van der Waals surface area (Å²) in [6, 6.07) is 20.3. The number of thiocarbonyl (C=S) groups is 1. The molecule has 1 aliphatic heterocycles. The van der Waals surface area contributed by atoms with Gasteiger partial charge in [-0.2, -0.15) is 0 Å². The van der Waals surface area contributed by atoms with Gasteiger partial charge in [-0.05, 0) is 40.6 Å². The first-order chi connectivity index (χ1) is 14.6. The van der Waals surface area contributed by atoms with E-state index < -0.39 is 0 Å². The van der Waals surface area contributed by atoms with Crippen LogP contribution < -0.4 is 14.8 Å². The monoisotopic (exact) mass is 453 g/mol. The first kappa shape index (κ1) is 20.8. The minimum Gasteiger partial charge on any atom is -0.493 e. The minimum absolute atomic E-state index is 0.172. The fraction of sp³-hybridized carbons (Fsp3) is 0.130. The van der Waals surface area contributed by atoms with Crippen molar-refractivity contribution in [3.8, 4) is 11.5 Å². The summed E-state index contributed by atoms with van der Waals surface area (Å²) in [7, 11) is 1.61. The van der Waals surface area contributed by atoms with Gasteiger partial charge in [-0.25, -0.2) is 0 Å². The van der Waals surface area contributed by atoms with Crippen LogP contribution in [0.2, 0.25) is 0 Å². The summed E-state index contributed by atoms with van der Waals surface area (Å²) < 4.78 is 11.9. The number of rotatable bonds is 7. The van der Waals surface area contributed by atoms with Crippen LogP contribution in [0.25, 0.3) is 16.8 Å². The SMILES string of the molecule is COc1cc(/C=C2/SC(=S)NC2=O)ccc1OCCSc1cccc2ccccc12. The van der Waals surface area contributed by atoms with Gasteiger partial charge in [0, 0.05) is 10.6 Å². The van der Waals surface area contributed by atoms with Gasteiger partial charge in [-0.1, -0.05) is 66.4 Å². The van der Waals surface area contributed by atoms with E-state index in [1.165, 1.54) is 27.4 Å².